The van der Waals surface area contributed by atoms with Crippen LogP contribution in [0.5, 0.6) is 0 Å². The Morgan fingerprint density at radius 1 is 1.22 bits per heavy atom. The van der Waals surface area contributed by atoms with Crippen molar-refractivity contribution in [1.29, 1.82) is 0 Å². The molecule has 1 aliphatic heterocycles. The first kappa shape index (κ1) is 16.3. The average molecular weight is 315 g/mol. The molecule has 1 aliphatic carbocycles. The van der Waals surface area contributed by atoms with Crippen molar-refractivity contribution in [1.82, 2.24) is 10.2 Å². The standard InChI is InChI=1S/C19H29N3O/c1-14-7-8-18(15(2)11-14)21-19(23)20-12-16-9-10-22(13-16)17-5-3-4-6-17/h7-8,11,16-17H,3-6,9-10,12-13H2,1-2H3,(H2,20,21,23)/t16-/m0/s1. The molecule has 2 amide bonds. The number of carbonyl (C=O) groups is 1. The van der Waals surface area contributed by atoms with Crippen molar-refractivity contribution in [3.63, 3.8) is 0 Å². The van der Waals surface area contributed by atoms with E-state index in [9.17, 15) is 4.79 Å². The minimum atomic E-state index is -0.0868. The van der Waals surface area contributed by atoms with E-state index in [2.05, 4.69) is 28.5 Å². The average Bonchev–Trinajstić information content (AvgIpc) is 3.18. The van der Waals surface area contributed by atoms with Gasteiger partial charge in [0.25, 0.3) is 0 Å². The van der Waals surface area contributed by atoms with E-state index in [1.165, 1.54) is 44.2 Å². The first-order valence-corrected chi connectivity index (χ1v) is 8.98. The number of nitrogens with zero attached hydrogens (tertiary/aromatic N) is 1. The van der Waals surface area contributed by atoms with Gasteiger partial charge in [-0.1, -0.05) is 30.5 Å². The van der Waals surface area contributed by atoms with Crippen molar-refractivity contribution in [2.24, 2.45) is 5.92 Å². The topological polar surface area (TPSA) is 44.4 Å². The maximum atomic E-state index is 12.1. The molecular formula is C19H29N3O. The molecule has 23 heavy (non-hydrogen) atoms. The van der Waals surface area contributed by atoms with Gasteiger partial charge in [-0.05, 0) is 57.2 Å². The third-order valence-electron chi connectivity index (χ3n) is 5.34. The number of aryl methyl sites for hydroxylation is 2. The summed E-state index contributed by atoms with van der Waals surface area (Å²) in [5.74, 6) is 0.598. The Hall–Kier alpha value is -1.55. The summed E-state index contributed by atoms with van der Waals surface area (Å²) in [6.45, 7) is 7.22. The molecule has 4 heteroatoms. The molecule has 2 fully saturated rings. The number of hydrogen-bond donors (Lipinski definition) is 2. The van der Waals surface area contributed by atoms with Crippen LogP contribution in [0.3, 0.4) is 0 Å². The number of carbonyl (C=O) groups excluding carboxylic acids is 1. The molecule has 3 rings (SSSR count). The molecule has 2 aliphatic rings. The van der Waals surface area contributed by atoms with Gasteiger partial charge in [0.1, 0.15) is 0 Å². The Morgan fingerprint density at radius 2 is 2.00 bits per heavy atom. The second-order valence-corrected chi connectivity index (χ2v) is 7.24. The van der Waals surface area contributed by atoms with Gasteiger partial charge < -0.3 is 15.5 Å². The number of anilines is 1. The predicted octanol–water partition coefficient (Wildman–Crippen LogP) is 3.69. The molecule has 0 aromatic heterocycles. The maximum Gasteiger partial charge on any atom is 0.319 e. The number of hydrogen-bond acceptors (Lipinski definition) is 2. The normalized spacial score (nSPS) is 22.4. The molecule has 0 unspecified atom stereocenters. The first-order valence-electron chi connectivity index (χ1n) is 8.98. The van der Waals surface area contributed by atoms with Gasteiger partial charge in [-0.15, -0.1) is 0 Å². The van der Waals surface area contributed by atoms with Crippen LogP contribution in [0.25, 0.3) is 0 Å². The van der Waals surface area contributed by atoms with E-state index in [0.717, 1.165) is 30.4 Å². The van der Waals surface area contributed by atoms with Gasteiger partial charge in [0.05, 0.1) is 0 Å². The van der Waals surface area contributed by atoms with Gasteiger partial charge in [0, 0.05) is 24.8 Å². The zero-order chi connectivity index (χ0) is 16.2. The van der Waals surface area contributed by atoms with Gasteiger partial charge in [0.2, 0.25) is 0 Å². The van der Waals surface area contributed by atoms with E-state index in [4.69, 9.17) is 0 Å². The zero-order valence-electron chi connectivity index (χ0n) is 14.4. The smallest absolute Gasteiger partial charge is 0.319 e. The maximum absolute atomic E-state index is 12.1. The molecule has 1 heterocycles. The molecule has 0 bridgehead atoms. The van der Waals surface area contributed by atoms with Crippen molar-refractivity contribution < 1.29 is 4.79 Å². The van der Waals surface area contributed by atoms with Gasteiger partial charge in [-0.25, -0.2) is 4.79 Å². The molecular weight excluding hydrogens is 286 g/mol. The fourth-order valence-electron chi connectivity index (χ4n) is 3.99. The molecule has 4 nitrogen and oxygen atoms in total. The molecule has 2 N–H and O–H groups in total. The van der Waals surface area contributed by atoms with Crippen LogP contribution in [0, 0.1) is 19.8 Å². The number of likely N-dealkylation sites (tertiary alicyclic amines) is 1. The fraction of sp³-hybridized carbons (Fsp3) is 0.632. The highest BCUT2D eigenvalue weighted by atomic mass is 16.2. The molecule has 1 saturated carbocycles. The molecule has 0 radical (unpaired) electrons. The van der Waals surface area contributed by atoms with Crippen LogP contribution in [-0.2, 0) is 0 Å². The SMILES string of the molecule is Cc1ccc(NC(=O)NC[C@@H]2CCN(C3CCCC3)C2)c(C)c1. The lowest BCUT2D eigenvalue weighted by atomic mass is 10.1. The highest BCUT2D eigenvalue weighted by Crippen LogP contribution is 2.28. The van der Waals surface area contributed by atoms with E-state index in [0.29, 0.717) is 5.92 Å². The van der Waals surface area contributed by atoms with Crippen molar-refractivity contribution in [2.45, 2.75) is 52.0 Å². The van der Waals surface area contributed by atoms with Gasteiger partial charge >= 0.3 is 6.03 Å². The van der Waals surface area contributed by atoms with Gasteiger partial charge in [-0.3, -0.25) is 0 Å². The minimum absolute atomic E-state index is 0.0868. The van der Waals surface area contributed by atoms with Crippen molar-refractivity contribution in [3.8, 4) is 0 Å². The summed E-state index contributed by atoms with van der Waals surface area (Å²) in [5.41, 5.74) is 3.21. The first-order chi connectivity index (χ1) is 11.1. The molecule has 1 aromatic rings. The summed E-state index contributed by atoms with van der Waals surface area (Å²) in [6, 6.07) is 6.81. The van der Waals surface area contributed by atoms with Crippen LogP contribution >= 0.6 is 0 Å². The Labute approximate surface area is 139 Å². The molecule has 0 spiro atoms. The van der Waals surface area contributed by atoms with Crippen LogP contribution in [0.15, 0.2) is 18.2 Å². The second-order valence-electron chi connectivity index (χ2n) is 7.24. The van der Waals surface area contributed by atoms with Crippen LogP contribution in [0.1, 0.15) is 43.2 Å². The molecule has 1 atom stereocenters. The Kier molecular flexibility index (Phi) is 5.21. The molecule has 1 aromatic carbocycles. The number of benzene rings is 1. The van der Waals surface area contributed by atoms with E-state index in [-0.39, 0.29) is 6.03 Å². The number of rotatable bonds is 4. The number of urea groups is 1. The van der Waals surface area contributed by atoms with Crippen molar-refractivity contribution >= 4 is 11.7 Å². The zero-order valence-corrected chi connectivity index (χ0v) is 14.4. The second kappa shape index (κ2) is 7.35. The third-order valence-corrected chi connectivity index (χ3v) is 5.34. The Bertz CT molecular complexity index is 552. The lowest BCUT2D eigenvalue weighted by Gasteiger charge is -2.23. The summed E-state index contributed by atoms with van der Waals surface area (Å²) < 4.78 is 0. The number of amides is 2. The van der Waals surface area contributed by atoms with Crippen LogP contribution in [-0.4, -0.2) is 36.6 Å². The van der Waals surface area contributed by atoms with E-state index < -0.39 is 0 Å². The summed E-state index contributed by atoms with van der Waals surface area (Å²) in [7, 11) is 0. The van der Waals surface area contributed by atoms with Crippen molar-refractivity contribution in [3.05, 3.63) is 29.3 Å². The van der Waals surface area contributed by atoms with Crippen LogP contribution < -0.4 is 10.6 Å². The monoisotopic (exact) mass is 315 g/mol. The highest BCUT2D eigenvalue weighted by Gasteiger charge is 2.29. The lowest BCUT2D eigenvalue weighted by molar-refractivity contribution is 0.234. The van der Waals surface area contributed by atoms with E-state index >= 15 is 0 Å². The lowest BCUT2D eigenvalue weighted by Crippen LogP contribution is -2.36. The minimum Gasteiger partial charge on any atom is -0.338 e. The predicted molar refractivity (Wildman–Crippen MR) is 94.9 cm³/mol. The van der Waals surface area contributed by atoms with Crippen molar-refractivity contribution in [2.75, 3.05) is 25.0 Å². The number of nitrogens with one attached hydrogen (secondary N) is 2. The third kappa shape index (κ3) is 4.25. The summed E-state index contributed by atoms with van der Waals surface area (Å²) in [6.07, 6.45) is 6.73. The Balaban J connectivity index is 1.42. The highest BCUT2D eigenvalue weighted by molar-refractivity contribution is 5.90. The van der Waals surface area contributed by atoms with Gasteiger partial charge in [-0.2, -0.15) is 0 Å². The largest absolute Gasteiger partial charge is 0.338 e. The summed E-state index contributed by atoms with van der Waals surface area (Å²) >= 11 is 0. The van der Waals surface area contributed by atoms with E-state index in [1.54, 1.807) is 0 Å². The van der Waals surface area contributed by atoms with Crippen LogP contribution in [0.4, 0.5) is 10.5 Å². The quantitative estimate of drug-likeness (QED) is 0.890. The fourth-order valence-corrected chi connectivity index (χ4v) is 3.99. The van der Waals surface area contributed by atoms with E-state index in [1.807, 2.05) is 19.1 Å². The Morgan fingerprint density at radius 3 is 2.74 bits per heavy atom. The molecule has 1 saturated heterocycles. The summed E-state index contributed by atoms with van der Waals surface area (Å²) in [5, 5.41) is 6.01. The van der Waals surface area contributed by atoms with Crippen LogP contribution in [0.2, 0.25) is 0 Å². The van der Waals surface area contributed by atoms with Gasteiger partial charge in [0.15, 0.2) is 0 Å². The molecule has 126 valence electrons. The summed E-state index contributed by atoms with van der Waals surface area (Å²) in [4.78, 5) is 14.7.